The Morgan fingerprint density at radius 3 is 2.61 bits per heavy atom. The van der Waals surface area contributed by atoms with Crippen LogP contribution in [0.2, 0.25) is 10.0 Å². The molecule has 4 rings (SSSR count). The molecule has 7 heteroatoms. The van der Waals surface area contributed by atoms with E-state index in [0.717, 1.165) is 33.7 Å². The molecule has 0 atom stereocenters. The molecule has 4 nitrogen and oxygen atoms in total. The maximum atomic E-state index is 12.0. The normalized spacial score (nSPS) is 15.3. The topological polar surface area (TPSA) is 55.4 Å². The summed E-state index contributed by atoms with van der Waals surface area (Å²) in [6.45, 7) is 0.239. The molecule has 0 bridgehead atoms. The summed E-state index contributed by atoms with van der Waals surface area (Å²) < 4.78 is 6.03. The van der Waals surface area contributed by atoms with Gasteiger partial charge >= 0.3 is 0 Å². The summed E-state index contributed by atoms with van der Waals surface area (Å²) in [6.07, 6.45) is 1.69. The van der Waals surface area contributed by atoms with Crippen LogP contribution in [0.25, 0.3) is 16.8 Å². The largest absolute Gasteiger partial charge is 0.488 e. The maximum Gasteiger partial charge on any atom is 0.290 e. The molecule has 1 saturated heterocycles. The summed E-state index contributed by atoms with van der Waals surface area (Å²) in [4.78, 5) is 23.8. The number of thioether (sulfide) groups is 1. The molecule has 0 saturated carbocycles. The first kappa shape index (κ1) is 18.9. The van der Waals surface area contributed by atoms with Crippen molar-refractivity contribution >= 4 is 63.0 Å². The van der Waals surface area contributed by atoms with Crippen molar-refractivity contribution < 1.29 is 14.3 Å². The molecule has 2 amide bonds. The number of nitrogens with one attached hydrogen (secondary N) is 1. The Morgan fingerprint density at radius 2 is 1.86 bits per heavy atom. The Morgan fingerprint density at radius 1 is 1.04 bits per heavy atom. The number of amides is 2. The van der Waals surface area contributed by atoms with Crippen molar-refractivity contribution in [1.82, 2.24) is 5.32 Å². The number of rotatable bonds is 4. The molecular formula is C21H13Cl2NO3S. The van der Waals surface area contributed by atoms with Gasteiger partial charge in [-0.25, -0.2) is 0 Å². The fraction of sp³-hybridized carbons (Fsp3) is 0.0476. The minimum absolute atomic E-state index is 0.239. The number of carbonyl (C=O) groups is 2. The van der Waals surface area contributed by atoms with Gasteiger partial charge in [-0.2, -0.15) is 0 Å². The van der Waals surface area contributed by atoms with Crippen molar-refractivity contribution in [3.05, 3.63) is 80.7 Å². The molecule has 0 unspecified atom stereocenters. The van der Waals surface area contributed by atoms with E-state index in [0.29, 0.717) is 20.7 Å². The van der Waals surface area contributed by atoms with Gasteiger partial charge in [0.15, 0.2) is 0 Å². The number of hydrogen-bond donors (Lipinski definition) is 1. The molecule has 3 aromatic rings. The fourth-order valence-corrected chi connectivity index (χ4v) is 4.02. The highest BCUT2D eigenvalue weighted by atomic mass is 35.5. The molecule has 1 fully saturated rings. The minimum atomic E-state index is -0.408. The lowest BCUT2D eigenvalue weighted by molar-refractivity contribution is -0.115. The Bertz CT molecular complexity index is 1140. The second kappa shape index (κ2) is 7.87. The van der Waals surface area contributed by atoms with E-state index < -0.39 is 5.91 Å². The van der Waals surface area contributed by atoms with Crippen LogP contribution in [0.1, 0.15) is 11.1 Å². The maximum absolute atomic E-state index is 12.0. The third kappa shape index (κ3) is 3.87. The van der Waals surface area contributed by atoms with Crippen LogP contribution in [0.15, 0.2) is 59.5 Å². The van der Waals surface area contributed by atoms with E-state index in [1.165, 1.54) is 0 Å². The average Bonchev–Trinajstić information content (AvgIpc) is 2.99. The predicted molar refractivity (Wildman–Crippen MR) is 114 cm³/mol. The predicted octanol–water partition coefficient (Wildman–Crippen LogP) is 6.05. The standard InChI is InChI=1S/C21H13Cl2NO3S/c22-14-7-5-13(17(23)9-14)11-27-18-8-6-12-3-1-2-4-15(12)16(18)10-19-20(25)24-21(26)28-19/h1-10H,11H2,(H,24,25,26)/b19-10-. The van der Waals surface area contributed by atoms with E-state index >= 15 is 0 Å². The molecule has 0 radical (unpaired) electrons. The smallest absolute Gasteiger partial charge is 0.290 e. The van der Waals surface area contributed by atoms with Crippen LogP contribution in [-0.2, 0) is 11.4 Å². The molecular weight excluding hydrogens is 417 g/mol. The summed E-state index contributed by atoms with van der Waals surface area (Å²) in [5, 5.41) is 4.88. The third-order valence-corrected chi connectivity index (χ3v) is 5.64. The average molecular weight is 430 g/mol. The van der Waals surface area contributed by atoms with E-state index in [1.807, 2.05) is 42.5 Å². The van der Waals surface area contributed by atoms with Crippen LogP contribution < -0.4 is 10.1 Å². The van der Waals surface area contributed by atoms with E-state index in [1.54, 1.807) is 18.2 Å². The van der Waals surface area contributed by atoms with Gasteiger partial charge in [-0.05, 0) is 46.8 Å². The molecule has 3 aromatic carbocycles. The quantitative estimate of drug-likeness (QED) is 0.512. The minimum Gasteiger partial charge on any atom is -0.488 e. The molecule has 0 aromatic heterocycles. The highest BCUT2D eigenvalue weighted by Crippen LogP contribution is 2.34. The number of fused-ring (bicyclic) bond motifs is 1. The summed E-state index contributed by atoms with van der Waals surface area (Å²) in [6, 6.07) is 16.8. The summed E-state index contributed by atoms with van der Waals surface area (Å²) in [5.74, 6) is 0.180. The van der Waals surface area contributed by atoms with E-state index in [2.05, 4.69) is 5.32 Å². The van der Waals surface area contributed by atoms with Crippen LogP contribution in [0.3, 0.4) is 0 Å². The van der Waals surface area contributed by atoms with Crippen molar-refractivity contribution in [2.45, 2.75) is 6.61 Å². The first-order valence-corrected chi connectivity index (χ1v) is 9.92. The molecule has 1 aliphatic rings. The third-order valence-electron chi connectivity index (χ3n) is 4.25. The number of hydrogen-bond acceptors (Lipinski definition) is 4. The number of carbonyl (C=O) groups excluding carboxylic acids is 2. The van der Waals surface area contributed by atoms with Crippen LogP contribution in [0.4, 0.5) is 4.79 Å². The fourth-order valence-electron chi connectivity index (χ4n) is 2.90. The molecule has 0 aliphatic carbocycles. The van der Waals surface area contributed by atoms with Crippen LogP contribution in [0.5, 0.6) is 5.75 Å². The van der Waals surface area contributed by atoms with Gasteiger partial charge in [0, 0.05) is 21.2 Å². The zero-order chi connectivity index (χ0) is 19.7. The van der Waals surface area contributed by atoms with Gasteiger partial charge in [0.1, 0.15) is 12.4 Å². The highest BCUT2D eigenvalue weighted by molar-refractivity contribution is 8.18. The van der Waals surface area contributed by atoms with Gasteiger partial charge in [-0.3, -0.25) is 14.9 Å². The summed E-state index contributed by atoms with van der Waals surface area (Å²) in [5.41, 5.74) is 1.52. The zero-order valence-electron chi connectivity index (χ0n) is 14.4. The molecule has 0 spiro atoms. The second-order valence-corrected chi connectivity index (χ2v) is 7.93. The van der Waals surface area contributed by atoms with Gasteiger partial charge < -0.3 is 4.74 Å². The lowest BCUT2D eigenvalue weighted by atomic mass is 10.0. The Labute approximate surface area is 175 Å². The number of imide groups is 1. The monoisotopic (exact) mass is 429 g/mol. The van der Waals surface area contributed by atoms with E-state index in [9.17, 15) is 9.59 Å². The lowest BCUT2D eigenvalue weighted by Crippen LogP contribution is -2.17. The van der Waals surface area contributed by atoms with Crippen molar-refractivity contribution in [1.29, 1.82) is 0 Å². The van der Waals surface area contributed by atoms with Gasteiger partial charge in [0.25, 0.3) is 11.1 Å². The molecule has 1 heterocycles. The summed E-state index contributed by atoms with van der Waals surface area (Å²) in [7, 11) is 0. The number of benzene rings is 3. The Balaban J connectivity index is 1.74. The van der Waals surface area contributed by atoms with Crippen LogP contribution >= 0.6 is 35.0 Å². The molecule has 140 valence electrons. The van der Waals surface area contributed by atoms with E-state index in [-0.39, 0.29) is 11.8 Å². The first-order chi connectivity index (χ1) is 13.5. The SMILES string of the molecule is O=C1NC(=O)/C(=C/c2c(OCc3ccc(Cl)cc3Cl)ccc3ccccc23)S1. The Kier molecular flexibility index (Phi) is 5.31. The summed E-state index contributed by atoms with van der Waals surface area (Å²) >= 11 is 13.1. The van der Waals surface area contributed by atoms with Gasteiger partial charge in [-0.1, -0.05) is 59.6 Å². The van der Waals surface area contributed by atoms with Crippen LogP contribution in [-0.4, -0.2) is 11.1 Å². The van der Waals surface area contributed by atoms with Crippen molar-refractivity contribution in [3.8, 4) is 5.75 Å². The Hall–Kier alpha value is -2.47. The van der Waals surface area contributed by atoms with Gasteiger partial charge in [0.05, 0.1) is 4.91 Å². The molecule has 1 N–H and O–H groups in total. The first-order valence-electron chi connectivity index (χ1n) is 8.34. The van der Waals surface area contributed by atoms with Crippen LogP contribution in [0, 0.1) is 0 Å². The molecule has 28 heavy (non-hydrogen) atoms. The number of halogens is 2. The van der Waals surface area contributed by atoms with Gasteiger partial charge in [-0.15, -0.1) is 0 Å². The van der Waals surface area contributed by atoms with Crippen molar-refractivity contribution in [2.24, 2.45) is 0 Å². The van der Waals surface area contributed by atoms with Crippen molar-refractivity contribution in [3.63, 3.8) is 0 Å². The zero-order valence-corrected chi connectivity index (χ0v) is 16.7. The van der Waals surface area contributed by atoms with E-state index in [4.69, 9.17) is 27.9 Å². The van der Waals surface area contributed by atoms with Gasteiger partial charge in [0.2, 0.25) is 0 Å². The highest BCUT2D eigenvalue weighted by Gasteiger charge is 2.25. The number of ether oxygens (including phenoxy) is 1. The lowest BCUT2D eigenvalue weighted by Gasteiger charge is -2.13. The van der Waals surface area contributed by atoms with Crippen molar-refractivity contribution in [2.75, 3.05) is 0 Å². The second-order valence-electron chi connectivity index (χ2n) is 6.08. The molecule has 1 aliphatic heterocycles.